The number of likely N-dealkylation sites (N-methyl/N-ethyl adjacent to an activating group) is 1. The van der Waals surface area contributed by atoms with Gasteiger partial charge in [0.1, 0.15) is 6.17 Å². The van der Waals surface area contributed by atoms with Gasteiger partial charge in [-0.15, -0.1) is 0 Å². The van der Waals surface area contributed by atoms with E-state index in [0.29, 0.717) is 12.8 Å². The van der Waals surface area contributed by atoms with Crippen molar-refractivity contribution in [1.29, 1.82) is 0 Å². The van der Waals surface area contributed by atoms with Crippen LogP contribution in [-0.2, 0) is 19.1 Å². The molecule has 1 unspecified atom stereocenters. The van der Waals surface area contributed by atoms with Crippen LogP contribution in [0.4, 0.5) is 8.78 Å². The molecule has 10 atom stereocenters. The maximum atomic E-state index is 17.3. The second kappa shape index (κ2) is 7.76. The summed E-state index contributed by atoms with van der Waals surface area (Å²) in [6.45, 7) is 5.53. The van der Waals surface area contributed by atoms with Crippen LogP contribution in [0.15, 0.2) is 23.8 Å². The highest BCUT2D eigenvalue weighted by atomic mass is 19.1. The quantitative estimate of drug-likeness (QED) is 0.631. The number of aliphatic hydroxyl groups is 1. The Hall–Kier alpha value is -1.48. The van der Waals surface area contributed by atoms with E-state index in [4.69, 9.17) is 9.47 Å². The van der Waals surface area contributed by atoms with Crippen molar-refractivity contribution < 1.29 is 33.0 Å². The Kier molecular flexibility index (Phi) is 5.53. The summed E-state index contributed by atoms with van der Waals surface area (Å²) in [7, 11) is 1.68. The van der Waals surface area contributed by atoms with E-state index < -0.39 is 58.6 Å². The molecule has 2 N–H and O–H groups in total. The second-order valence-corrected chi connectivity index (χ2v) is 11.2. The number of carbonyl (C=O) groups excluding carboxylic acids is 2. The lowest BCUT2D eigenvalue weighted by Gasteiger charge is -2.63. The number of hydrogen-bond donors (Lipinski definition) is 2. The van der Waals surface area contributed by atoms with Crippen molar-refractivity contribution in [3.8, 4) is 0 Å². The first-order valence-electron chi connectivity index (χ1n) is 12.5. The first-order valence-corrected chi connectivity index (χ1v) is 12.5. The number of Topliss-reactive ketones (excluding diaryl/α,β-unsaturated/α-hetero) is 1. The Bertz CT molecular complexity index is 969. The Morgan fingerprint density at radius 1 is 1.29 bits per heavy atom. The van der Waals surface area contributed by atoms with Crippen LogP contribution < -0.4 is 5.32 Å². The number of ether oxygens (including phenoxy) is 2. The molecule has 188 valence electrons. The molecule has 0 aromatic rings. The first-order chi connectivity index (χ1) is 16.0. The molecule has 34 heavy (non-hydrogen) atoms. The summed E-state index contributed by atoms with van der Waals surface area (Å²) in [5.41, 5.74) is -5.80. The van der Waals surface area contributed by atoms with Crippen LogP contribution in [0.3, 0.4) is 0 Å². The molecule has 0 radical (unpaired) electrons. The number of alkyl halides is 2. The highest BCUT2D eigenvalue weighted by molar-refractivity contribution is 6.01. The summed E-state index contributed by atoms with van der Waals surface area (Å²) >= 11 is 0. The molecular formula is C26H35F2NO5. The molecule has 1 heterocycles. The molecule has 1 aliphatic heterocycles. The number of fused-ring (bicyclic) bond motifs is 7. The maximum absolute atomic E-state index is 17.3. The van der Waals surface area contributed by atoms with Gasteiger partial charge in [-0.2, -0.15) is 0 Å². The van der Waals surface area contributed by atoms with Crippen LogP contribution in [0, 0.1) is 22.7 Å². The fourth-order valence-electron chi connectivity index (χ4n) is 8.18. The average molecular weight is 480 g/mol. The number of aliphatic hydroxyl groups excluding tert-OH is 1. The molecule has 5 rings (SSSR count). The molecule has 0 aromatic heterocycles. The average Bonchev–Trinajstić information content (AvgIpc) is 3.25. The molecule has 4 aliphatic carbocycles. The lowest BCUT2D eigenvalue weighted by Crippen LogP contribution is -2.71. The predicted molar refractivity (Wildman–Crippen MR) is 120 cm³/mol. The molecule has 1 saturated heterocycles. The van der Waals surface area contributed by atoms with Crippen LogP contribution in [0.2, 0.25) is 0 Å². The van der Waals surface area contributed by atoms with Gasteiger partial charge < -0.3 is 19.9 Å². The summed E-state index contributed by atoms with van der Waals surface area (Å²) in [6.07, 6.45) is 1.41. The number of halogens is 2. The van der Waals surface area contributed by atoms with E-state index in [0.717, 1.165) is 6.42 Å². The number of hydrogen-bond acceptors (Lipinski definition) is 6. The number of nitrogens with one attached hydrogen (secondary N) is 1. The van der Waals surface area contributed by atoms with Crippen molar-refractivity contribution in [2.24, 2.45) is 22.7 Å². The standard InChI is InChI=1S/C26H35F2NO5/c1-5-6-22-33-21-11-15-16-10-18(27)17-9-14(30)7-8-23(17,2)25(16,28)19(31)12-24(15,3)26(21,34-22)20(32)13-29-4/h7-9,15-16,18-19,21-22,29,31H,5-6,10-13H2,1-4H3/t15-,16-,18-,19-,21+,22?,23-,24-,25-,26+/m0/s1. The molecule has 0 spiro atoms. The molecule has 0 amide bonds. The van der Waals surface area contributed by atoms with Crippen LogP contribution in [0.5, 0.6) is 0 Å². The van der Waals surface area contributed by atoms with E-state index in [1.54, 1.807) is 14.0 Å². The third-order valence-corrected chi connectivity index (χ3v) is 9.70. The zero-order chi connectivity index (χ0) is 24.7. The summed E-state index contributed by atoms with van der Waals surface area (Å²) in [6, 6.07) is 0. The normalized spacial score (nSPS) is 51.4. The van der Waals surface area contributed by atoms with E-state index in [9.17, 15) is 14.7 Å². The van der Waals surface area contributed by atoms with Gasteiger partial charge in [-0.05, 0) is 63.3 Å². The number of allylic oxidation sites excluding steroid dienone is 4. The molecule has 0 aromatic carbocycles. The monoisotopic (exact) mass is 479 g/mol. The van der Waals surface area contributed by atoms with Crippen molar-refractivity contribution in [2.45, 2.75) is 88.8 Å². The zero-order valence-corrected chi connectivity index (χ0v) is 20.3. The van der Waals surface area contributed by atoms with Gasteiger partial charge in [0, 0.05) is 16.7 Å². The van der Waals surface area contributed by atoms with Gasteiger partial charge in [-0.3, -0.25) is 9.59 Å². The van der Waals surface area contributed by atoms with E-state index in [2.05, 4.69) is 5.32 Å². The van der Waals surface area contributed by atoms with Crippen LogP contribution in [0.1, 0.15) is 52.9 Å². The SMILES string of the molecule is CCCC1O[C@@H]2C[C@H]3[C@@H]4C[C@H](F)C5=CC(=O)C=C[C@]5(C)[C@@]4(F)[C@@H](O)C[C@]3(C)[C@]2(C(=O)CNC)O1. The lowest BCUT2D eigenvalue weighted by atomic mass is 9.44. The van der Waals surface area contributed by atoms with Gasteiger partial charge in [0.15, 0.2) is 29.1 Å². The summed E-state index contributed by atoms with van der Waals surface area (Å²) in [5, 5.41) is 14.4. The van der Waals surface area contributed by atoms with E-state index in [-0.39, 0.29) is 36.5 Å². The predicted octanol–water partition coefficient (Wildman–Crippen LogP) is 2.98. The minimum atomic E-state index is -2.18. The van der Waals surface area contributed by atoms with Crippen molar-refractivity contribution in [1.82, 2.24) is 5.32 Å². The van der Waals surface area contributed by atoms with Crippen molar-refractivity contribution in [2.75, 3.05) is 13.6 Å². The maximum Gasteiger partial charge on any atom is 0.181 e. The minimum absolute atomic E-state index is 0.0135. The fraction of sp³-hybridized carbons (Fsp3) is 0.769. The van der Waals surface area contributed by atoms with Crippen LogP contribution in [0.25, 0.3) is 0 Å². The summed E-state index contributed by atoms with van der Waals surface area (Å²) in [4.78, 5) is 25.6. The van der Waals surface area contributed by atoms with E-state index in [1.165, 1.54) is 18.2 Å². The highest BCUT2D eigenvalue weighted by Crippen LogP contribution is 2.72. The largest absolute Gasteiger partial charge is 0.390 e. The molecule has 0 bridgehead atoms. The highest BCUT2D eigenvalue weighted by Gasteiger charge is 2.79. The van der Waals surface area contributed by atoms with Crippen molar-refractivity contribution in [3.63, 3.8) is 0 Å². The molecule has 8 heteroatoms. The zero-order valence-electron chi connectivity index (χ0n) is 20.3. The van der Waals surface area contributed by atoms with E-state index >= 15 is 8.78 Å². The Morgan fingerprint density at radius 2 is 2.03 bits per heavy atom. The van der Waals surface area contributed by atoms with E-state index in [1.807, 2.05) is 13.8 Å². The molecular weight excluding hydrogens is 444 g/mol. The molecule has 5 aliphatic rings. The topological polar surface area (TPSA) is 84.9 Å². The number of carbonyl (C=O) groups is 2. The van der Waals surface area contributed by atoms with Gasteiger partial charge in [0.05, 0.1) is 18.8 Å². The smallest absolute Gasteiger partial charge is 0.181 e. The van der Waals surface area contributed by atoms with Crippen LogP contribution >= 0.6 is 0 Å². The lowest BCUT2D eigenvalue weighted by molar-refractivity contribution is -0.233. The molecule has 4 fully saturated rings. The van der Waals surface area contributed by atoms with Gasteiger partial charge in [-0.1, -0.05) is 26.3 Å². The fourth-order valence-corrected chi connectivity index (χ4v) is 8.18. The van der Waals surface area contributed by atoms with Gasteiger partial charge in [-0.25, -0.2) is 8.78 Å². The van der Waals surface area contributed by atoms with Crippen molar-refractivity contribution >= 4 is 11.6 Å². The Labute approximate surface area is 199 Å². The Morgan fingerprint density at radius 3 is 2.71 bits per heavy atom. The van der Waals surface area contributed by atoms with Crippen molar-refractivity contribution in [3.05, 3.63) is 23.8 Å². The van der Waals surface area contributed by atoms with Gasteiger partial charge in [0.2, 0.25) is 0 Å². The number of ketones is 2. The van der Waals surface area contributed by atoms with Gasteiger partial charge in [0.25, 0.3) is 0 Å². The third kappa shape index (κ3) is 2.74. The van der Waals surface area contributed by atoms with Crippen LogP contribution in [-0.4, -0.2) is 66.2 Å². The third-order valence-electron chi connectivity index (χ3n) is 9.70. The number of rotatable bonds is 5. The summed E-state index contributed by atoms with van der Waals surface area (Å²) < 4.78 is 45.5. The molecule has 6 nitrogen and oxygen atoms in total. The summed E-state index contributed by atoms with van der Waals surface area (Å²) in [5.74, 6) is -1.84. The molecule has 3 saturated carbocycles. The first kappa shape index (κ1) is 24.2. The minimum Gasteiger partial charge on any atom is -0.390 e. The second-order valence-electron chi connectivity index (χ2n) is 11.2. The van der Waals surface area contributed by atoms with Gasteiger partial charge >= 0.3 is 0 Å². The Balaban J connectivity index is 1.61.